The van der Waals surface area contributed by atoms with E-state index in [4.69, 9.17) is 0 Å². The Morgan fingerprint density at radius 1 is 1.00 bits per heavy atom. The van der Waals surface area contributed by atoms with Gasteiger partial charge in [0.1, 0.15) is 17.4 Å². The molecule has 3 nitrogen and oxygen atoms in total. The Bertz CT molecular complexity index is 974. The number of nitrogens with zero attached hydrogens (tertiary/aromatic N) is 2. The molecule has 0 amide bonds. The molecule has 1 saturated heterocycles. The molecule has 158 valence electrons. The number of benzene rings is 2. The molecule has 2 heterocycles. The predicted octanol–water partition coefficient (Wildman–Crippen LogP) is 5.42. The van der Waals surface area contributed by atoms with Gasteiger partial charge in [0.05, 0.1) is 6.04 Å². The fourth-order valence-electron chi connectivity index (χ4n) is 4.39. The van der Waals surface area contributed by atoms with Gasteiger partial charge < -0.3 is 5.11 Å². The Labute approximate surface area is 180 Å². The van der Waals surface area contributed by atoms with E-state index in [-0.39, 0.29) is 36.0 Å². The normalized spacial score (nSPS) is 21.6. The van der Waals surface area contributed by atoms with Gasteiger partial charge >= 0.3 is 0 Å². The molecule has 1 N–H and O–H groups in total. The number of phenols is 1. The van der Waals surface area contributed by atoms with Crippen molar-refractivity contribution in [2.45, 2.75) is 38.5 Å². The largest absolute Gasteiger partial charge is 0.508 e. The van der Waals surface area contributed by atoms with Gasteiger partial charge in [-0.05, 0) is 66.1 Å². The Hall–Kier alpha value is -2.28. The number of halogens is 2. The van der Waals surface area contributed by atoms with Crippen LogP contribution in [0.1, 0.15) is 36.6 Å². The summed E-state index contributed by atoms with van der Waals surface area (Å²) in [5.74, 6) is -0.733. The molecule has 1 fully saturated rings. The summed E-state index contributed by atoms with van der Waals surface area (Å²) in [5, 5.41) is 14.3. The van der Waals surface area contributed by atoms with Gasteiger partial charge in [0.2, 0.25) is 0 Å². The van der Waals surface area contributed by atoms with Crippen molar-refractivity contribution in [3.05, 3.63) is 87.6 Å². The van der Waals surface area contributed by atoms with Crippen LogP contribution in [0.25, 0.3) is 0 Å². The first-order chi connectivity index (χ1) is 14.4. The van der Waals surface area contributed by atoms with Gasteiger partial charge in [0.15, 0.2) is 0 Å². The van der Waals surface area contributed by atoms with Gasteiger partial charge in [-0.25, -0.2) is 8.78 Å². The van der Waals surface area contributed by atoms with Gasteiger partial charge in [0.25, 0.3) is 0 Å². The second kappa shape index (κ2) is 8.84. The highest BCUT2D eigenvalue weighted by atomic mass is 32.1. The Kier molecular flexibility index (Phi) is 6.18. The number of phenolic OH excluding ortho intramolecular Hbond substituents is 1. The Balaban J connectivity index is 1.59. The molecule has 6 heteroatoms. The minimum absolute atomic E-state index is 0.0214. The van der Waals surface area contributed by atoms with Gasteiger partial charge in [0, 0.05) is 37.3 Å². The van der Waals surface area contributed by atoms with Crippen LogP contribution < -0.4 is 0 Å². The van der Waals surface area contributed by atoms with E-state index in [1.807, 2.05) is 18.2 Å². The summed E-state index contributed by atoms with van der Waals surface area (Å²) in [6, 6.07) is 13.9. The lowest BCUT2D eigenvalue weighted by Gasteiger charge is -2.47. The van der Waals surface area contributed by atoms with Crippen molar-refractivity contribution >= 4 is 11.3 Å². The first-order valence-electron chi connectivity index (χ1n) is 10.2. The van der Waals surface area contributed by atoms with Crippen molar-refractivity contribution in [2.24, 2.45) is 0 Å². The average Bonchev–Trinajstić information content (AvgIpc) is 3.23. The van der Waals surface area contributed by atoms with Crippen LogP contribution in [0.2, 0.25) is 0 Å². The second-order valence-corrected chi connectivity index (χ2v) is 8.86. The van der Waals surface area contributed by atoms with E-state index >= 15 is 0 Å². The maximum Gasteiger partial charge on any atom is 0.130 e. The molecule has 0 aliphatic carbocycles. The summed E-state index contributed by atoms with van der Waals surface area (Å²) in [4.78, 5) is 4.57. The van der Waals surface area contributed by atoms with E-state index in [1.54, 1.807) is 17.4 Å². The lowest BCUT2D eigenvalue weighted by molar-refractivity contribution is 0.0185. The van der Waals surface area contributed by atoms with Gasteiger partial charge in [-0.3, -0.25) is 9.80 Å². The summed E-state index contributed by atoms with van der Waals surface area (Å²) < 4.78 is 28.4. The molecule has 0 spiro atoms. The van der Waals surface area contributed by atoms with Crippen molar-refractivity contribution < 1.29 is 13.9 Å². The number of piperazine rings is 1. The minimum atomic E-state index is -0.492. The number of thiophene rings is 1. The quantitative estimate of drug-likeness (QED) is 0.588. The molecule has 3 atom stereocenters. The molecule has 30 heavy (non-hydrogen) atoms. The minimum Gasteiger partial charge on any atom is -0.508 e. The van der Waals surface area contributed by atoms with E-state index in [0.29, 0.717) is 6.54 Å². The van der Waals surface area contributed by atoms with Crippen LogP contribution >= 0.6 is 11.3 Å². The zero-order valence-corrected chi connectivity index (χ0v) is 17.9. The van der Waals surface area contributed by atoms with Crippen molar-refractivity contribution in [3.63, 3.8) is 0 Å². The third kappa shape index (κ3) is 4.26. The van der Waals surface area contributed by atoms with Crippen LogP contribution in [-0.2, 0) is 6.54 Å². The van der Waals surface area contributed by atoms with Crippen LogP contribution in [0.4, 0.5) is 8.78 Å². The van der Waals surface area contributed by atoms with Crippen molar-refractivity contribution in [1.29, 1.82) is 0 Å². The average molecular weight is 429 g/mol. The molecule has 0 saturated carbocycles. The van der Waals surface area contributed by atoms with Crippen molar-refractivity contribution in [3.8, 4) is 5.75 Å². The monoisotopic (exact) mass is 428 g/mol. The first kappa shape index (κ1) is 21.0. The van der Waals surface area contributed by atoms with Gasteiger partial charge in [-0.15, -0.1) is 0 Å². The standard InChI is InChI=1S/C24H26F2N2OS/c1-16-13-28(17(2)12-27(16)14-21-22(25)7-4-8-23(21)26)24(19-9-10-30-15-19)18-5-3-6-20(29)11-18/h3-11,15-17,24,29H,12-14H2,1-2H3/t16-,17+,24-/m1/s1. The molecule has 0 radical (unpaired) electrons. The van der Waals surface area contributed by atoms with E-state index in [2.05, 4.69) is 40.5 Å². The summed E-state index contributed by atoms with van der Waals surface area (Å²) in [5.41, 5.74) is 2.37. The number of rotatable bonds is 5. The summed E-state index contributed by atoms with van der Waals surface area (Å²) in [7, 11) is 0. The third-order valence-corrected chi connectivity index (χ3v) is 6.66. The molecule has 1 aliphatic heterocycles. The van der Waals surface area contributed by atoms with Crippen LogP contribution in [0.3, 0.4) is 0 Å². The molecule has 0 bridgehead atoms. The Morgan fingerprint density at radius 3 is 2.40 bits per heavy atom. The molecule has 2 aromatic carbocycles. The molecule has 0 unspecified atom stereocenters. The topological polar surface area (TPSA) is 26.7 Å². The number of aromatic hydroxyl groups is 1. The second-order valence-electron chi connectivity index (χ2n) is 8.08. The third-order valence-electron chi connectivity index (χ3n) is 5.96. The van der Waals surface area contributed by atoms with Crippen LogP contribution in [-0.4, -0.2) is 40.1 Å². The highest BCUT2D eigenvalue weighted by Crippen LogP contribution is 2.35. The summed E-state index contributed by atoms with van der Waals surface area (Å²) >= 11 is 1.66. The van der Waals surface area contributed by atoms with E-state index in [9.17, 15) is 13.9 Å². The van der Waals surface area contributed by atoms with Crippen LogP contribution in [0.15, 0.2) is 59.3 Å². The van der Waals surface area contributed by atoms with E-state index < -0.39 is 11.6 Å². The van der Waals surface area contributed by atoms with Crippen molar-refractivity contribution in [2.75, 3.05) is 13.1 Å². The zero-order valence-electron chi connectivity index (χ0n) is 17.1. The van der Waals surface area contributed by atoms with E-state index in [1.165, 1.54) is 23.8 Å². The molecule has 4 rings (SSSR count). The molecule has 1 aromatic heterocycles. The first-order valence-corrected chi connectivity index (χ1v) is 11.1. The maximum absolute atomic E-state index is 14.2. The highest BCUT2D eigenvalue weighted by Gasteiger charge is 2.35. The zero-order chi connectivity index (χ0) is 21.3. The smallest absolute Gasteiger partial charge is 0.130 e. The summed E-state index contributed by atoms with van der Waals surface area (Å²) in [6.07, 6.45) is 0. The lowest BCUT2D eigenvalue weighted by atomic mass is 9.95. The number of hydrogen-bond acceptors (Lipinski definition) is 4. The highest BCUT2D eigenvalue weighted by molar-refractivity contribution is 7.08. The Morgan fingerprint density at radius 2 is 1.73 bits per heavy atom. The van der Waals surface area contributed by atoms with Crippen molar-refractivity contribution in [1.82, 2.24) is 9.80 Å². The number of hydrogen-bond donors (Lipinski definition) is 1. The molecule has 1 aliphatic rings. The fraction of sp³-hybridized carbons (Fsp3) is 0.333. The lowest BCUT2D eigenvalue weighted by Crippen LogP contribution is -2.56. The van der Waals surface area contributed by atoms with Crippen LogP contribution in [0, 0.1) is 11.6 Å². The molecular weight excluding hydrogens is 402 g/mol. The van der Waals surface area contributed by atoms with Crippen LogP contribution in [0.5, 0.6) is 5.75 Å². The van der Waals surface area contributed by atoms with Gasteiger partial charge in [-0.2, -0.15) is 11.3 Å². The van der Waals surface area contributed by atoms with Gasteiger partial charge in [-0.1, -0.05) is 18.2 Å². The maximum atomic E-state index is 14.2. The van der Waals surface area contributed by atoms with E-state index in [0.717, 1.165) is 12.1 Å². The molecule has 3 aromatic rings. The predicted molar refractivity (Wildman–Crippen MR) is 117 cm³/mol. The fourth-order valence-corrected chi connectivity index (χ4v) is 5.07. The summed E-state index contributed by atoms with van der Waals surface area (Å²) in [6.45, 7) is 5.97. The molecular formula is C24H26F2N2OS. The SMILES string of the molecule is C[C@@H]1CN([C@@H](c2ccsc2)c2cccc(O)c2)[C@@H](C)CN1Cc1c(F)cccc1F.